The number of nitrogens with zero attached hydrogens (tertiary/aromatic N) is 1. The number of non-ortho nitro benzene ring substituents is 1. The molecule has 27 heavy (non-hydrogen) atoms. The lowest BCUT2D eigenvalue weighted by Crippen LogP contribution is -2.10. The van der Waals surface area contributed by atoms with Gasteiger partial charge in [-0.2, -0.15) is 0 Å². The van der Waals surface area contributed by atoms with Crippen LogP contribution < -0.4 is 4.74 Å². The molecule has 0 fully saturated rings. The number of ether oxygens (including phenoxy) is 2. The summed E-state index contributed by atoms with van der Waals surface area (Å²) in [7, 11) is 0. The Hall–Kier alpha value is -2.64. The van der Waals surface area contributed by atoms with E-state index < -0.39 is 16.9 Å². The Balaban J connectivity index is 1.72. The molecule has 2 aromatic carbocycles. The summed E-state index contributed by atoms with van der Waals surface area (Å²) in [6, 6.07) is 10.5. The van der Waals surface area contributed by atoms with Gasteiger partial charge in [-0.25, -0.2) is 0 Å². The van der Waals surface area contributed by atoms with Crippen LogP contribution >= 0.6 is 23.2 Å². The lowest BCUT2D eigenvalue weighted by molar-refractivity contribution is -0.384. The van der Waals surface area contributed by atoms with Crippen molar-refractivity contribution in [1.82, 2.24) is 0 Å². The molecule has 0 saturated carbocycles. The van der Waals surface area contributed by atoms with E-state index in [9.17, 15) is 19.7 Å². The van der Waals surface area contributed by atoms with Crippen molar-refractivity contribution in [3.63, 3.8) is 0 Å². The lowest BCUT2D eigenvalue weighted by atomic mass is 10.2. The Morgan fingerprint density at radius 1 is 1.04 bits per heavy atom. The van der Waals surface area contributed by atoms with Crippen molar-refractivity contribution in [2.24, 2.45) is 0 Å². The highest BCUT2D eigenvalue weighted by Crippen LogP contribution is 2.31. The molecule has 0 spiro atoms. The predicted octanol–water partition coefficient (Wildman–Crippen LogP) is 4.72. The highest BCUT2D eigenvalue weighted by atomic mass is 35.5. The Morgan fingerprint density at radius 2 is 1.74 bits per heavy atom. The van der Waals surface area contributed by atoms with Crippen LogP contribution in [0.4, 0.5) is 5.69 Å². The van der Waals surface area contributed by atoms with Crippen molar-refractivity contribution in [3.05, 3.63) is 68.2 Å². The van der Waals surface area contributed by atoms with Crippen LogP contribution in [-0.2, 0) is 20.9 Å². The number of halogens is 2. The standard InChI is InChI=1S/C18H15Cl2NO6/c19-14-6-2-7-15(18(14)20)27-17(23)9-3-8-16(22)26-11-12-4-1-5-13(10-12)21(24)25/h1-2,4-7,10H,3,8-9,11H2. The van der Waals surface area contributed by atoms with E-state index in [1.165, 1.54) is 24.3 Å². The second kappa shape index (κ2) is 9.89. The molecule has 2 aromatic rings. The van der Waals surface area contributed by atoms with Crippen LogP contribution in [0.5, 0.6) is 5.75 Å². The minimum atomic E-state index is -0.550. The van der Waals surface area contributed by atoms with Crippen molar-refractivity contribution in [1.29, 1.82) is 0 Å². The number of rotatable bonds is 8. The van der Waals surface area contributed by atoms with E-state index in [-0.39, 0.29) is 47.4 Å². The van der Waals surface area contributed by atoms with Crippen LogP contribution in [0.1, 0.15) is 24.8 Å². The molecule has 0 atom stereocenters. The highest BCUT2D eigenvalue weighted by Gasteiger charge is 2.12. The molecule has 0 radical (unpaired) electrons. The number of esters is 2. The molecule has 142 valence electrons. The summed E-state index contributed by atoms with van der Waals surface area (Å²) in [5, 5.41) is 11.1. The molecule has 0 amide bonds. The fourth-order valence-corrected chi connectivity index (χ4v) is 2.44. The zero-order valence-corrected chi connectivity index (χ0v) is 15.5. The smallest absolute Gasteiger partial charge is 0.311 e. The van der Waals surface area contributed by atoms with Crippen molar-refractivity contribution in [2.75, 3.05) is 0 Å². The molecule has 0 unspecified atom stereocenters. The summed E-state index contributed by atoms with van der Waals surface area (Å²) < 4.78 is 10.1. The molecule has 0 saturated heterocycles. The summed E-state index contributed by atoms with van der Waals surface area (Å²) in [4.78, 5) is 33.7. The maximum absolute atomic E-state index is 11.8. The van der Waals surface area contributed by atoms with Gasteiger partial charge in [0.1, 0.15) is 11.6 Å². The predicted molar refractivity (Wildman–Crippen MR) is 98.8 cm³/mol. The average Bonchev–Trinajstić information content (AvgIpc) is 2.64. The van der Waals surface area contributed by atoms with Crippen molar-refractivity contribution in [3.8, 4) is 5.75 Å². The molecule has 0 aliphatic heterocycles. The van der Waals surface area contributed by atoms with Crippen LogP contribution in [0.25, 0.3) is 0 Å². The van der Waals surface area contributed by atoms with Crippen LogP contribution in [0, 0.1) is 10.1 Å². The quantitative estimate of drug-likeness (QED) is 0.269. The van der Waals surface area contributed by atoms with Gasteiger partial charge in [0, 0.05) is 25.0 Å². The molecule has 2 rings (SSSR count). The second-order valence-corrected chi connectivity index (χ2v) is 6.25. The molecule has 0 aliphatic carbocycles. The van der Waals surface area contributed by atoms with Crippen LogP contribution in [0.2, 0.25) is 10.0 Å². The number of nitro groups is 1. The van der Waals surface area contributed by atoms with E-state index in [2.05, 4.69) is 0 Å². The number of benzene rings is 2. The molecular formula is C18H15Cl2NO6. The van der Waals surface area contributed by atoms with Crippen molar-refractivity contribution < 1.29 is 24.0 Å². The summed E-state index contributed by atoms with van der Waals surface area (Å²) in [5.74, 6) is -0.914. The fraction of sp³-hybridized carbons (Fsp3) is 0.222. The lowest BCUT2D eigenvalue weighted by Gasteiger charge is -2.07. The molecule has 0 N–H and O–H groups in total. The Morgan fingerprint density at radius 3 is 2.48 bits per heavy atom. The van der Waals surface area contributed by atoms with Gasteiger partial charge in [-0.05, 0) is 24.1 Å². The van der Waals surface area contributed by atoms with E-state index in [1.54, 1.807) is 18.2 Å². The first-order chi connectivity index (χ1) is 12.9. The molecule has 0 bridgehead atoms. The Kier molecular flexibility index (Phi) is 7.57. The topological polar surface area (TPSA) is 95.7 Å². The number of carbonyl (C=O) groups excluding carboxylic acids is 2. The largest absolute Gasteiger partial charge is 0.461 e. The number of carbonyl (C=O) groups is 2. The van der Waals surface area contributed by atoms with E-state index in [4.69, 9.17) is 32.7 Å². The van der Waals surface area contributed by atoms with Crippen LogP contribution in [0.15, 0.2) is 42.5 Å². The van der Waals surface area contributed by atoms with Gasteiger partial charge in [0.2, 0.25) is 0 Å². The van der Waals surface area contributed by atoms with Gasteiger partial charge in [0.05, 0.1) is 9.95 Å². The molecule has 0 heterocycles. The number of hydrogen-bond donors (Lipinski definition) is 0. The molecule has 0 aromatic heterocycles. The van der Waals surface area contributed by atoms with Crippen LogP contribution in [0.3, 0.4) is 0 Å². The minimum absolute atomic E-state index is 0.00521. The second-order valence-electron chi connectivity index (χ2n) is 5.47. The highest BCUT2D eigenvalue weighted by molar-refractivity contribution is 6.43. The minimum Gasteiger partial charge on any atom is -0.461 e. The maximum Gasteiger partial charge on any atom is 0.311 e. The zero-order valence-electron chi connectivity index (χ0n) is 14.0. The summed E-state index contributed by atoms with van der Waals surface area (Å²) >= 11 is 11.8. The van der Waals surface area contributed by atoms with E-state index >= 15 is 0 Å². The third-order valence-corrected chi connectivity index (χ3v) is 4.22. The van der Waals surface area contributed by atoms with E-state index in [0.717, 1.165) is 0 Å². The van der Waals surface area contributed by atoms with Crippen molar-refractivity contribution >= 4 is 40.8 Å². The molecule has 9 heteroatoms. The maximum atomic E-state index is 11.8. The molecule has 7 nitrogen and oxygen atoms in total. The summed E-state index contributed by atoms with van der Waals surface area (Å²) in [6.45, 7) is -0.0803. The summed E-state index contributed by atoms with van der Waals surface area (Å²) in [6.07, 6.45) is 0.229. The SMILES string of the molecule is O=C(CCCC(=O)Oc1cccc(Cl)c1Cl)OCc1cccc([N+](=O)[O-])c1. The Labute approximate surface area is 164 Å². The van der Waals surface area contributed by atoms with Crippen molar-refractivity contribution in [2.45, 2.75) is 25.9 Å². The molecular weight excluding hydrogens is 397 g/mol. The zero-order chi connectivity index (χ0) is 19.8. The van der Waals surface area contributed by atoms with Crippen LogP contribution in [-0.4, -0.2) is 16.9 Å². The van der Waals surface area contributed by atoms with Gasteiger partial charge in [-0.1, -0.05) is 41.4 Å². The first-order valence-corrected chi connectivity index (χ1v) is 8.66. The van der Waals surface area contributed by atoms with Gasteiger partial charge in [0.15, 0.2) is 5.75 Å². The third kappa shape index (κ3) is 6.54. The average molecular weight is 412 g/mol. The number of nitro benzene ring substituents is 1. The number of hydrogen-bond acceptors (Lipinski definition) is 6. The first kappa shape index (κ1) is 20.7. The van der Waals surface area contributed by atoms with E-state index in [0.29, 0.717) is 5.56 Å². The van der Waals surface area contributed by atoms with Gasteiger partial charge in [0.25, 0.3) is 5.69 Å². The fourth-order valence-electron chi connectivity index (χ4n) is 2.11. The van der Waals surface area contributed by atoms with Gasteiger partial charge in [-0.3, -0.25) is 19.7 Å². The monoisotopic (exact) mass is 411 g/mol. The summed E-state index contributed by atoms with van der Waals surface area (Å²) in [5.41, 5.74) is 0.429. The first-order valence-electron chi connectivity index (χ1n) is 7.90. The third-order valence-electron chi connectivity index (χ3n) is 3.42. The van der Waals surface area contributed by atoms with Gasteiger partial charge >= 0.3 is 11.9 Å². The normalized spacial score (nSPS) is 10.3. The Bertz CT molecular complexity index is 855. The van der Waals surface area contributed by atoms with Gasteiger partial charge in [-0.15, -0.1) is 0 Å². The van der Waals surface area contributed by atoms with E-state index in [1.807, 2.05) is 0 Å². The van der Waals surface area contributed by atoms with Gasteiger partial charge < -0.3 is 9.47 Å². The molecule has 0 aliphatic rings.